The van der Waals surface area contributed by atoms with Gasteiger partial charge in [0.2, 0.25) is 0 Å². The summed E-state index contributed by atoms with van der Waals surface area (Å²) >= 11 is 1.54. The summed E-state index contributed by atoms with van der Waals surface area (Å²) in [6.07, 6.45) is 4.12. The first-order valence-electron chi connectivity index (χ1n) is 6.75. The summed E-state index contributed by atoms with van der Waals surface area (Å²) in [7, 11) is 0. The van der Waals surface area contributed by atoms with E-state index < -0.39 is 11.7 Å². The fourth-order valence-electron chi connectivity index (χ4n) is 1.75. The van der Waals surface area contributed by atoms with Gasteiger partial charge in [0.1, 0.15) is 5.01 Å². The van der Waals surface area contributed by atoms with Gasteiger partial charge in [-0.3, -0.25) is 4.79 Å². The average Bonchev–Trinajstić information content (AvgIpc) is 2.95. The molecule has 0 bridgehead atoms. The number of nitrogens with zero attached hydrogens (tertiary/aromatic N) is 2. The highest BCUT2D eigenvalue weighted by molar-refractivity contribution is 7.11. The predicted molar refractivity (Wildman–Crippen MR) is 81.0 cm³/mol. The molecule has 5 nitrogen and oxygen atoms in total. The molecule has 2 rings (SSSR count). The number of hydrogen-bond acceptors (Lipinski definition) is 5. The van der Waals surface area contributed by atoms with Gasteiger partial charge >= 0.3 is 0 Å². The van der Waals surface area contributed by atoms with Crippen LogP contribution in [0.2, 0.25) is 0 Å². The lowest BCUT2D eigenvalue weighted by Gasteiger charge is -2.08. The van der Waals surface area contributed by atoms with E-state index in [0.717, 1.165) is 16.3 Å². The molecule has 7 heteroatoms. The third kappa shape index (κ3) is 3.75. The van der Waals surface area contributed by atoms with Gasteiger partial charge in [0.25, 0.3) is 5.91 Å². The summed E-state index contributed by atoms with van der Waals surface area (Å²) in [5, 5.41) is 6.26. The molecule has 0 spiro atoms. The molecular formula is C14H17FN4OS. The van der Waals surface area contributed by atoms with E-state index in [0.29, 0.717) is 13.1 Å². The van der Waals surface area contributed by atoms with Crippen molar-refractivity contribution in [2.24, 2.45) is 0 Å². The lowest BCUT2D eigenvalue weighted by molar-refractivity contribution is 0.0947. The van der Waals surface area contributed by atoms with Crippen molar-refractivity contribution in [3.8, 4) is 0 Å². The third-order valence-corrected chi connectivity index (χ3v) is 3.97. The number of aromatic nitrogens is 2. The number of rotatable bonds is 6. The number of carbonyl (C=O) groups is 1. The van der Waals surface area contributed by atoms with E-state index >= 15 is 0 Å². The second-order valence-electron chi connectivity index (χ2n) is 4.31. The van der Waals surface area contributed by atoms with Crippen LogP contribution < -0.4 is 10.6 Å². The number of thiazole rings is 1. The predicted octanol–water partition coefficient (Wildman–Crippen LogP) is 2.60. The van der Waals surface area contributed by atoms with E-state index in [-0.39, 0.29) is 11.4 Å². The number of aryl methyl sites for hydroxylation is 1. The summed E-state index contributed by atoms with van der Waals surface area (Å²) < 4.78 is 14.1. The maximum atomic E-state index is 14.1. The molecule has 1 amide bonds. The molecule has 2 aromatic heterocycles. The highest BCUT2D eigenvalue weighted by atomic mass is 32.1. The Morgan fingerprint density at radius 3 is 2.86 bits per heavy atom. The molecule has 0 atom stereocenters. The van der Waals surface area contributed by atoms with Crippen molar-refractivity contribution in [1.29, 1.82) is 0 Å². The molecule has 0 aliphatic carbocycles. The van der Waals surface area contributed by atoms with Gasteiger partial charge in [0.15, 0.2) is 11.6 Å². The molecule has 112 valence electrons. The number of pyridine rings is 1. The SMILES string of the molecule is CCNc1nccc(C(=O)NCc2ncc(CC)s2)c1F. The van der Waals surface area contributed by atoms with Crippen LogP contribution in [0.25, 0.3) is 0 Å². The molecule has 0 aromatic carbocycles. The third-order valence-electron chi connectivity index (χ3n) is 2.83. The van der Waals surface area contributed by atoms with E-state index in [2.05, 4.69) is 20.6 Å². The molecule has 2 aromatic rings. The minimum absolute atomic E-state index is 0.0202. The van der Waals surface area contributed by atoms with Crippen LogP contribution in [0, 0.1) is 5.82 Å². The summed E-state index contributed by atoms with van der Waals surface area (Å²) in [5.74, 6) is -1.01. The normalized spacial score (nSPS) is 10.4. The van der Waals surface area contributed by atoms with E-state index in [1.165, 1.54) is 12.3 Å². The van der Waals surface area contributed by atoms with Gasteiger partial charge < -0.3 is 10.6 Å². The summed E-state index contributed by atoms with van der Waals surface area (Å²) in [6, 6.07) is 1.37. The number of anilines is 1. The maximum absolute atomic E-state index is 14.1. The van der Waals surface area contributed by atoms with Gasteiger partial charge in [-0.25, -0.2) is 14.4 Å². The maximum Gasteiger partial charge on any atom is 0.254 e. The molecule has 0 unspecified atom stereocenters. The molecule has 0 saturated carbocycles. The first-order valence-corrected chi connectivity index (χ1v) is 7.57. The smallest absolute Gasteiger partial charge is 0.254 e. The summed E-state index contributed by atoms with van der Waals surface area (Å²) in [6.45, 7) is 4.71. The lowest BCUT2D eigenvalue weighted by Crippen LogP contribution is -2.24. The summed E-state index contributed by atoms with van der Waals surface area (Å²) in [5.41, 5.74) is -0.0202. The molecule has 21 heavy (non-hydrogen) atoms. The van der Waals surface area contributed by atoms with Crippen LogP contribution in [0.4, 0.5) is 10.2 Å². The second kappa shape index (κ2) is 7.12. The zero-order valence-electron chi connectivity index (χ0n) is 11.9. The van der Waals surface area contributed by atoms with Gasteiger partial charge in [-0.2, -0.15) is 0 Å². The number of halogens is 1. The lowest BCUT2D eigenvalue weighted by atomic mass is 10.2. The Labute approximate surface area is 126 Å². The monoisotopic (exact) mass is 308 g/mol. The van der Waals surface area contributed by atoms with Crippen LogP contribution in [-0.2, 0) is 13.0 Å². The molecule has 0 aliphatic heterocycles. The van der Waals surface area contributed by atoms with Crippen LogP contribution in [0.1, 0.15) is 34.1 Å². The van der Waals surface area contributed by atoms with Gasteiger partial charge in [-0.1, -0.05) is 6.92 Å². The van der Waals surface area contributed by atoms with Crippen LogP contribution in [0.5, 0.6) is 0 Å². The Bertz CT molecular complexity index is 629. The first-order chi connectivity index (χ1) is 10.2. The van der Waals surface area contributed by atoms with Gasteiger partial charge in [-0.05, 0) is 19.4 Å². The quantitative estimate of drug-likeness (QED) is 0.861. The minimum atomic E-state index is -0.634. The number of carbonyl (C=O) groups excluding carboxylic acids is 1. The summed E-state index contributed by atoms with van der Waals surface area (Å²) in [4.78, 5) is 21.3. The van der Waals surface area contributed by atoms with Gasteiger partial charge in [0.05, 0.1) is 12.1 Å². The van der Waals surface area contributed by atoms with Crippen molar-refractivity contribution in [3.63, 3.8) is 0 Å². The van der Waals surface area contributed by atoms with Gasteiger partial charge in [0, 0.05) is 23.8 Å². The van der Waals surface area contributed by atoms with Crippen molar-refractivity contribution < 1.29 is 9.18 Å². The Morgan fingerprint density at radius 1 is 1.38 bits per heavy atom. The molecule has 0 aliphatic rings. The topological polar surface area (TPSA) is 66.9 Å². The number of nitrogens with one attached hydrogen (secondary N) is 2. The van der Waals surface area contributed by atoms with Gasteiger partial charge in [-0.15, -0.1) is 11.3 Å². The molecule has 2 heterocycles. The first kappa shape index (κ1) is 15.4. The van der Waals surface area contributed by atoms with E-state index in [1.54, 1.807) is 17.5 Å². The Hall–Kier alpha value is -2.02. The fourth-order valence-corrected chi connectivity index (χ4v) is 2.56. The second-order valence-corrected chi connectivity index (χ2v) is 5.51. The number of amides is 1. The number of hydrogen-bond donors (Lipinski definition) is 2. The highest BCUT2D eigenvalue weighted by Gasteiger charge is 2.15. The zero-order chi connectivity index (χ0) is 15.2. The van der Waals surface area contributed by atoms with Crippen molar-refractivity contribution >= 4 is 23.1 Å². The fraction of sp³-hybridized carbons (Fsp3) is 0.357. The molecule has 2 N–H and O–H groups in total. The van der Waals surface area contributed by atoms with E-state index in [1.807, 2.05) is 13.8 Å². The van der Waals surface area contributed by atoms with Crippen molar-refractivity contribution in [3.05, 3.63) is 39.7 Å². The Balaban J connectivity index is 2.04. The zero-order valence-corrected chi connectivity index (χ0v) is 12.8. The largest absolute Gasteiger partial charge is 0.368 e. The Morgan fingerprint density at radius 2 is 2.19 bits per heavy atom. The molecule has 0 radical (unpaired) electrons. The highest BCUT2D eigenvalue weighted by Crippen LogP contribution is 2.16. The van der Waals surface area contributed by atoms with E-state index in [9.17, 15) is 9.18 Å². The van der Waals surface area contributed by atoms with Crippen molar-refractivity contribution in [1.82, 2.24) is 15.3 Å². The van der Waals surface area contributed by atoms with Crippen LogP contribution >= 0.6 is 11.3 Å². The Kier molecular flexibility index (Phi) is 5.21. The molecule has 0 fully saturated rings. The van der Waals surface area contributed by atoms with E-state index in [4.69, 9.17) is 0 Å². The van der Waals surface area contributed by atoms with Crippen molar-refractivity contribution in [2.75, 3.05) is 11.9 Å². The standard InChI is InChI=1S/C14H17FN4OS/c1-3-9-7-18-11(21-9)8-19-14(20)10-5-6-17-13(12(10)15)16-4-2/h5-7H,3-4,8H2,1-2H3,(H,16,17)(H,19,20). The van der Waals surface area contributed by atoms with Crippen LogP contribution in [0.15, 0.2) is 18.5 Å². The van der Waals surface area contributed by atoms with Crippen molar-refractivity contribution in [2.45, 2.75) is 26.8 Å². The molecule has 0 saturated heterocycles. The molecular weight excluding hydrogens is 291 g/mol. The van der Waals surface area contributed by atoms with Crippen LogP contribution in [0.3, 0.4) is 0 Å². The minimum Gasteiger partial charge on any atom is -0.368 e. The average molecular weight is 308 g/mol. The van der Waals surface area contributed by atoms with Crippen LogP contribution in [-0.4, -0.2) is 22.4 Å².